The molecule has 0 radical (unpaired) electrons. The fraction of sp³-hybridized carbons (Fsp3) is 0.360. The highest BCUT2D eigenvalue weighted by atomic mass is 15.2. The number of hydrogen-bond acceptors (Lipinski definition) is 2. The van der Waals surface area contributed by atoms with E-state index < -0.39 is 0 Å². The van der Waals surface area contributed by atoms with E-state index in [0.717, 1.165) is 12.8 Å². The van der Waals surface area contributed by atoms with E-state index in [4.69, 9.17) is 0 Å². The van der Waals surface area contributed by atoms with Crippen molar-refractivity contribution in [2.75, 3.05) is 9.80 Å². The van der Waals surface area contributed by atoms with Crippen molar-refractivity contribution in [2.24, 2.45) is 5.41 Å². The van der Waals surface area contributed by atoms with Crippen LogP contribution in [0.25, 0.3) is 10.8 Å². The van der Waals surface area contributed by atoms with Crippen LogP contribution in [0.4, 0.5) is 28.4 Å². The third-order valence-corrected chi connectivity index (χ3v) is 12.1. The van der Waals surface area contributed by atoms with Crippen LogP contribution in [-0.4, -0.2) is 6.71 Å². The summed E-state index contributed by atoms with van der Waals surface area (Å²) >= 11 is 0. The Morgan fingerprint density at radius 3 is 1.57 bits per heavy atom. The summed E-state index contributed by atoms with van der Waals surface area (Å²) in [6.45, 7) is 28.1. The number of anilines is 5. The van der Waals surface area contributed by atoms with Gasteiger partial charge in [0.2, 0.25) is 0 Å². The van der Waals surface area contributed by atoms with Crippen LogP contribution in [0.2, 0.25) is 0 Å². The standard InChI is InChI=1S/C50H57BN2/c1-47(2,3)33-17-23-37(24-18-33)52-42-27-21-35(49(7,8)9)30-40(42)51-41-31-36(50(10,11)12)22-28-43(41)53(38-25-19-34(20-26-38)48(4,5)6)46-39-16-14-13-15-32(39)29-44(52)45(46)51/h13-19,21-25,27-31H,20,26H2,1-12H3. The summed E-state index contributed by atoms with van der Waals surface area (Å²) in [5, 5.41) is 2.58. The summed E-state index contributed by atoms with van der Waals surface area (Å²) < 4.78 is 0. The summed E-state index contributed by atoms with van der Waals surface area (Å²) in [7, 11) is 0. The highest BCUT2D eigenvalue weighted by molar-refractivity contribution is 7.00. The SMILES string of the molecule is CC(C)(C)C1=CC=C(N2c3ccc(C(C)(C)C)cc3B3c4cc(C(C)(C)C)ccc4N(c4ccc(C(C)(C)C)cc4)c4cc5ccccc5c2c43)CC1. The molecule has 2 nitrogen and oxygen atoms in total. The van der Waals surface area contributed by atoms with Gasteiger partial charge in [-0.1, -0.05) is 155 Å². The van der Waals surface area contributed by atoms with Gasteiger partial charge in [-0.15, -0.1) is 0 Å². The van der Waals surface area contributed by atoms with Gasteiger partial charge in [0, 0.05) is 33.8 Å². The molecule has 0 aromatic heterocycles. The molecule has 270 valence electrons. The smallest absolute Gasteiger partial charge is 0.252 e. The minimum absolute atomic E-state index is 0.0154. The van der Waals surface area contributed by atoms with E-state index in [1.165, 1.54) is 83.6 Å². The van der Waals surface area contributed by atoms with Crippen molar-refractivity contribution in [1.29, 1.82) is 0 Å². The Kier molecular flexibility index (Phi) is 8.05. The molecule has 53 heavy (non-hydrogen) atoms. The fourth-order valence-electron chi connectivity index (χ4n) is 8.81. The molecule has 5 aromatic carbocycles. The molecule has 0 saturated carbocycles. The normalized spacial score (nSPS) is 15.9. The zero-order chi connectivity index (χ0) is 37.8. The van der Waals surface area contributed by atoms with Crippen LogP contribution in [0, 0.1) is 5.41 Å². The van der Waals surface area contributed by atoms with Gasteiger partial charge in [0.25, 0.3) is 6.71 Å². The van der Waals surface area contributed by atoms with E-state index >= 15 is 0 Å². The maximum Gasteiger partial charge on any atom is 0.252 e. The predicted molar refractivity (Wildman–Crippen MR) is 233 cm³/mol. The minimum atomic E-state index is 0.0154. The summed E-state index contributed by atoms with van der Waals surface area (Å²) in [4.78, 5) is 5.23. The second-order valence-electron chi connectivity index (χ2n) is 19.9. The van der Waals surface area contributed by atoms with Crippen molar-refractivity contribution >= 4 is 62.3 Å². The van der Waals surface area contributed by atoms with Crippen LogP contribution < -0.4 is 26.2 Å². The second kappa shape index (κ2) is 12.0. The number of allylic oxidation sites excluding steroid dienone is 4. The first kappa shape index (κ1) is 35.5. The van der Waals surface area contributed by atoms with Gasteiger partial charge in [0.15, 0.2) is 0 Å². The van der Waals surface area contributed by atoms with E-state index in [1.54, 1.807) is 0 Å². The average Bonchev–Trinajstić information content (AvgIpc) is 3.09. The minimum Gasteiger partial charge on any atom is -0.315 e. The zero-order valence-corrected chi connectivity index (χ0v) is 34.2. The van der Waals surface area contributed by atoms with Crippen LogP contribution >= 0.6 is 0 Å². The first-order valence-electron chi connectivity index (χ1n) is 19.8. The molecule has 2 aliphatic heterocycles. The predicted octanol–water partition coefficient (Wildman–Crippen LogP) is 12.1. The van der Waals surface area contributed by atoms with Crippen LogP contribution in [0.5, 0.6) is 0 Å². The van der Waals surface area contributed by atoms with Gasteiger partial charge in [0.05, 0.1) is 5.69 Å². The van der Waals surface area contributed by atoms with Gasteiger partial charge in [0.1, 0.15) is 0 Å². The average molecular weight is 697 g/mol. The van der Waals surface area contributed by atoms with Crippen LogP contribution in [0.3, 0.4) is 0 Å². The molecule has 0 spiro atoms. The van der Waals surface area contributed by atoms with Crippen LogP contribution in [0.15, 0.2) is 114 Å². The van der Waals surface area contributed by atoms with E-state index in [-0.39, 0.29) is 28.4 Å². The highest BCUT2D eigenvalue weighted by Gasteiger charge is 2.45. The Morgan fingerprint density at radius 2 is 1.04 bits per heavy atom. The van der Waals surface area contributed by atoms with Gasteiger partial charge in [-0.2, -0.15) is 0 Å². The molecule has 3 aliphatic rings. The molecule has 0 saturated heterocycles. The monoisotopic (exact) mass is 696 g/mol. The van der Waals surface area contributed by atoms with Crippen molar-refractivity contribution in [3.8, 4) is 0 Å². The van der Waals surface area contributed by atoms with E-state index in [9.17, 15) is 0 Å². The molecule has 0 amide bonds. The van der Waals surface area contributed by atoms with Gasteiger partial charge in [-0.25, -0.2) is 0 Å². The zero-order valence-electron chi connectivity index (χ0n) is 34.2. The lowest BCUT2D eigenvalue weighted by Crippen LogP contribution is -2.62. The van der Waals surface area contributed by atoms with Crippen molar-refractivity contribution < 1.29 is 0 Å². The maximum atomic E-state index is 2.66. The number of benzene rings is 5. The molecule has 0 unspecified atom stereocenters. The van der Waals surface area contributed by atoms with E-state index in [2.05, 4.69) is 196 Å². The quantitative estimate of drug-likeness (QED) is 0.166. The van der Waals surface area contributed by atoms with Gasteiger partial charge >= 0.3 is 0 Å². The number of nitrogens with zero attached hydrogens (tertiary/aromatic N) is 2. The Labute approximate surface area is 319 Å². The molecular formula is C50H57BN2. The number of rotatable bonds is 2. The lowest BCUT2D eigenvalue weighted by atomic mass is 9.33. The van der Waals surface area contributed by atoms with Gasteiger partial charge < -0.3 is 9.80 Å². The summed E-state index contributed by atoms with van der Waals surface area (Å²) in [6.07, 6.45) is 6.92. The first-order chi connectivity index (χ1) is 24.8. The lowest BCUT2D eigenvalue weighted by Gasteiger charge is -2.46. The van der Waals surface area contributed by atoms with Crippen molar-refractivity contribution in [1.82, 2.24) is 0 Å². The third kappa shape index (κ3) is 5.96. The summed E-state index contributed by atoms with van der Waals surface area (Å²) in [5.41, 5.74) is 17.9. The first-order valence-corrected chi connectivity index (χ1v) is 19.8. The maximum absolute atomic E-state index is 2.66. The van der Waals surface area contributed by atoms with Gasteiger partial charge in [-0.3, -0.25) is 0 Å². The molecule has 0 fully saturated rings. The number of hydrogen-bond donors (Lipinski definition) is 0. The van der Waals surface area contributed by atoms with E-state index in [1.807, 2.05) is 0 Å². The Hall–Kier alpha value is -4.50. The summed E-state index contributed by atoms with van der Waals surface area (Å²) in [6, 6.07) is 35.6. The molecular weight excluding hydrogens is 639 g/mol. The Bertz CT molecular complexity index is 2330. The highest BCUT2D eigenvalue weighted by Crippen LogP contribution is 2.48. The molecule has 0 atom stereocenters. The van der Waals surface area contributed by atoms with Crippen molar-refractivity contribution in [3.63, 3.8) is 0 Å². The number of fused-ring (bicyclic) bond motifs is 6. The molecule has 0 N–H and O–H groups in total. The van der Waals surface area contributed by atoms with Gasteiger partial charge in [-0.05, 0) is 109 Å². The Morgan fingerprint density at radius 1 is 0.491 bits per heavy atom. The molecule has 3 heteroatoms. The van der Waals surface area contributed by atoms with Crippen molar-refractivity contribution in [2.45, 2.75) is 112 Å². The Balaban J connectivity index is 1.50. The fourth-order valence-corrected chi connectivity index (χ4v) is 8.81. The third-order valence-electron chi connectivity index (χ3n) is 12.1. The molecule has 8 rings (SSSR count). The lowest BCUT2D eigenvalue weighted by molar-refractivity contribution is 0.479. The largest absolute Gasteiger partial charge is 0.315 e. The molecule has 5 aromatic rings. The second-order valence-corrected chi connectivity index (χ2v) is 19.9. The van der Waals surface area contributed by atoms with Crippen LogP contribution in [0.1, 0.15) is 113 Å². The molecule has 2 heterocycles. The topological polar surface area (TPSA) is 6.48 Å². The van der Waals surface area contributed by atoms with Crippen LogP contribution in [-0.2, 0) is 16.2 Å². The van der Waals surface area contributed by atoms with E-state index in [0.29, 0.717) is 0 Å². The molecule has 1 aliphatic carbocycles. The summed E-state index contributed by atoms with van der Waals surface area (Å²) in [5.74, 6) is 0. The molecule has 0 bridgehead atoms. The van der Waals surface area contributed by atoms with Crippen molar-refractivity contribution in [3.05, 3.63) is 131 Å².